The molecule has 7 atom stereocenters. The molecular weight excluding hydrogens is 612 g/mol. The molecule has 19 heteroatoms. The number of carbonyl (C=O) groups is 3. The van der Waals surface area contributed by atoms with Crippen molar-refractivity contribution in [2.75, 3.05) is 24.7 Å². The Balaban J connectivity index is 1.53. The van der Waals surface area contributed by atoms with E-state index in [1.807, 2.05) is 0 Å². The molecule has 238 valence electrons. The molecule has 2 aromatic rings. The standard InChI is InChI=1S/C24H35FN7O9PS/c1-6-38-20-16-18(29-23(26)30-20)32(10-27-16)22-24(5,25)17(34)14(41-22)8-39-42(37,31-12(4)21(36)40-11(2)3)43-9-13-7-15(33)28-19(13)35/h10-14,17,22,34H,6-9H2,1-5H3,(H,31,37)(H2,26,29,30)(H,28,33,35)/t12-,13?,14-,17-,22-,24-,42+/m1/s1. The first kappa shape index (κ1) is 33.0. The lowest BCUT2D eigenvalue weighted by Gasteiger charge is -2.25. The summed E-state index contributed by atoms with van der Waals surface area (Å²) < 4.78 is 53.4. The van der Waals surface area contributed by atoms with Gasteiger partial charge in [-0.25, -0.2) is 14.5 Å². The predicted octanol–water partition coefficient (Wildman–Crippen LogP) is 1.24. The summed E-state index contributed by atoms with van der Waals surface area (Å²) in [5, 5.41) is 15.7. The number of esters is 1. The van der Waals surface area contributed by atoms with Crippen molar-refractivity contribution in [3.05, 3.63) is 6.33 Å². The molecule has 0 bridgehead atoms. The van der Waals surface area contributed by atoms with Gasteiger partial charge >= 0.3 is 12.7 Å². The Morgan fingerprint density at radius 2 is 2.12 bits per heavy atom. The van der Waals surface area contributed by atoms with Crippen molar-refractivity contribution >= 4 is 53.0 Å². The Hall–Kier alpha value is -2.89. The Kier molecular flexibility index (Phi) is 9.98. The highest BCUT2D eigenvalue weighted by Gasteiger charge is 2.56. The van der Waals surface area contributed by atoms with E-state index in [4.69, 9.17) is 24.5 Å². The molecular formula is C24H35FN7O9PS. The van der Waals surface area contributed by atoms with E-state index in [1.54, 1.807) is 20.8 Å². The van der Waals surface area contributed by atoms with E-state index in [-0.39, 0.29) is 41.8 Å². The molecule has 2 amide bonds. The van der Waals surface area contributed by atoms with E-state index in [1.165, 1.54) is 17.8 Å². The van der Waals surface area contributed by atoms with Crippen LogP contribution in [0.3, 0.4) is 0 Å². The Morgan fingerprint density at radius 3 is 2.74 bits per heavy atom. The monoisotopic (exact) mass is 647 g/mol. The average Bonchev–Trinajstić information content (AvgIpc) is 3.54. The van der Waals surface area contributed by atoms with Gasteiger partial charge in [0.15, 0.2) is 23.1 Å². The molecule has 0 saturated carbocycles. The molecule has 43 heavy (non-hydrogen) atoms. The minimum Gasteiger partial charge on any atom is -0.476 e. The van der Waals surface area contributed by atoms with Crippen LogP contribution in [0.4, 0.5) is 10.3 Å². The maximum absolute atomic E-state index is 16.0. The zero-order valence-electron chi connectivity index (χ0n) is 24.2. The molecule has 16 nitrogen and oxygen atoms in total. The smallest absolute Gasteiger partial charge is 0.327 e. The molecule has 0 radical (unpaired) electrons. The SMILES string of the molecule is CCOc1nc(N)nc2c1ncn2[C@@H]1O[C@H](CO[P@@](=O)(N[C@H](C)C(=O)OC(C)C)SCC2CC(=O)NC2=O)[C@@H](O)[C@@]1(C)F. The van der Waals surface area contributed by atoms with E-state index in [9.17, 15) is 24.1 Å². The number of nitrogens with two attached hydrogens (primary N) is 1. The summed E-state index contributed by atoms with van der Waals surface area (Å²) in [4.78, 5) is 48.4. The minimum absolute atomic E-state index is 0.0877. The number of hydrogen-bond acceptors (Lipinski definition) is 14. The van der Waals surface area contributed by atoms with Gasteiger partial charge in [0.25, 0.3) is 0 Å². The van der Waals surface area contributed by atoms with Gasteiger partial charge in [0.2, 0.25) is 23.6 Å². The quantitative estimate of drug-likeness (QED) is 0.137. The van der Waals surface area contributed by atoms with Crippen LogP contribution in [0.5, 0.6) is 5.88 Å². The summed E-state index contributed by atoms with van der Waals surface area (Å²) in [6, 6.07) is -1.10. The van der Waals surface area contributed by atoms with Crippen molar-refractivity contribution in [1.82, 2.24) is 29.9 Å². The number of amides is 2. The molecule has 2 aromatic heterocycles. The number of imidazole rings is 1. The third kappa shape index (κ3) is 7.26. The second-order valence-corrected chi connectivity index (χ2v) is 14.8. The number of fused-ring (bicyclic) bond motifs is 1. The Labute approximate surface area is 250 Å². The molecule has 1 unspecified atom stereocenters. The van der Waals surface area contributed by atoms with Crippen molar-refractivity contribution in [1.29, 1.82) is 0 Å². The number of anilines is 1. The van der Waals surface area contributed by atoms with Gasteiger partial charge in [0, 0.05) is 12.2 Å². The molecule has 5 N–H and O–H groups in total. The van der Waals surface area contributed by atoms with E-state index >= 15 is 4.39 Å². The van der Waals surface area contributed by atoms with Crippen LogP contribution in [0.25, 0.3) is 11.2 Å². The van der Waals surface area contributed by atoms with E-state index in [2.05, 4.69) is 25.4 Å². The van der Waals surface area contributed by atoms with Crippen LogP contribution in [0.15, 0.2) is 6.33 Å². The number of ether oxygens (including phenoxy) is 3. The minimum atomic E-state index is -4.04. The van der Waals surface area contributed by atoms with Crippen LogP contribution in [-0.4, -0.2) is 91.4 Å². The van der Waals surface area contributed by atoms with Gasteiger partial charge in [-0.2, -0.15) is 9.97 Å². The first-order chi connectivity index (χ1) is 20.1. The van der Waals surface area contributed by atoms with Gasteiger partial charge in [-0.05, 0) is 34.6 Å². The van der Waals surface area contributed by atoms with Gasteiger partial charge in [0.05, 0.1) is 31.6 Å². The Morgan fingerprint density at radius 1 is 1.40 bits per heavy atom. The van der Waals surface area contributed by atoms with Crippen molar-refractivity contribution in [3.63, 3.8) is 0 Å². The number of aromatic nitrogens is 4. The highest BCUT2D eigenvalue weighted by atomic mass is 32.7. The first-order valence-electron chi connectivity index (χ1n) is 13.5. The van der Waals surface area contributed by atoms with Crippen LogP contribution >= 0.6 is 18.1 Å². The number of carbonyl (C=O) groups excluding carboxylic acids is 3. The van der Waals surface area contributed by atoms with Crippen LogP contribution in [0.1, 0.15) is 47.3 Å². The van der Waals surface area contributed by atoms with E-state index < -0.39 is 73.3 Å². The number of alkyl halides is 1. The summed E-state index contributed by atoms with van der Waals surface area (Å²) in [6.07, 6.45) is -3.85. The first-order valence-corrected chi connectivity index (χ1v) is 16.7. The average molecular weight is 648 g/mol. The number of aliphatic hydroxyl groups excluding tert-OH is 1. The lowest BCUT2D eigenvalue weighted by Crippen LogP contribution is -2.41. The topological polar surface area (TPSA) is 219 Å². The van der Waals surface area contributed by atoms with Crippen molar-refractivity contribution < 1.29 is 47.2 Å². The van der Waals surface area contributed by atoms with Gasteiger partial charge in [-0.3, -0.25) is 28.8 Å². The fraction of sp³-hybridized carbons (Fsp3) is 0.667. The molecule has 2 aliphatic heterocycles. The molecule has 2 saturated heterocycles. The number of hydrogen-bond donors (Lipinski definition) is 4. The van der Waals surface area contributed by atoms with E-state index in [0.717, 1.165) is 6.92 Å². The van der Waals surface area contributed by atoms with Gasteiger partial charge < -0.3 is 29.6 Å². The second-order valence-electron chi connectivity index (χ2n) is 10.5. The van der Waals surface area contributed by atoms with Gasteiger partial charge in [0.1, 0.15) is 18.2 Å². The fourth-order valence-corrected chi connectivity index (χ4v) is 8.53. The predicted molar refractivity (Wildman–Crippen MR) is 151 cm³/mol. The number of nitrogens with zero attached hydrogens (tertiary/aromatic N) is 4. The summed E-state index contributed by atoms with van der Waals surface area (Å²) >= 11 is 0.695. The van der Waals surface area contributed by atoms with E-state index in [0.29, 0.717) is 11.4 Å². The molecule has 0 aliphatic carbocycles. The van der Waals surface area contributed by atoms with Gasteiger partial charge in [-0.15, -0.1) is 0 Å². The summed E-state index contributed by atoms with van der Waals surface area (Å²) in [6.45, 7) is 3.21. The summed E-state index contributed by atoms with van der Waals surface area (Å²) in [5.41, 5.74) is 3.71. The second kappa shape index (κ2) is 13.0. The number of imide groups is 1. The number of rotatable bonds is 13. The third-order valence-corrected chi connectivity index (χ3v) is 10.8. The summed E-state index contributed by atoms with van der Waals surface area (Å²) in [5.74, 6) is -2.61. The van der Waals surface area contributed by atoms with Crippen LogP contribution in [-0.2, 0) is 32.9 Å². The zero-order chi connectivity index (χ0) is 31.7. The van der Waals surface area contributed by atoms with Crippen LogP contribution in [0, 0.1) is 5.92 Å². The molecule has 0 spiro atoms. The summed E-state index contributed by atoms with van der Waals surface area (Å²) in [7, 11) is 0. The largest absolute Gasteiger partial charge is 0.476 e. The lowest BCUT2D eigenvalue weighted by atomic mass is 9.98. The highest BCUT2D eigenvalue weighted by molar-refractivity contribution is 8.56. The molecule has 2 fully saturated rings. The lowest BCUT2D eigenvalue weighted by molar-refractivity contribution is -0.149. The van der Waals surface area contributed by atoms with Crippen molar-refractivity contribution in [2.24, 2.45) is 5.92 Å². The zero-order valence-corrected chi connectivity index (χ0v) is 25.9. The molecule has 0 aromatic carbocycles. The molecule has 4 rings (SSSR count). The number of nitrogens with one attached hydrogen (secondary N) is 2. The number of halogens is 1. The van der Waals surface area contributed by atoms with Crippen LogP contribution in [0.2, 0.25) is 0 Å². The molecule has 2 aliphatic rings. The van der Waals surface area contributed by atoms with Gasteiger partial charge in [-0.1, -0.05) is 11.4 Å². The maximum Gasteiger partial charge on any atom is 0.327 e. The van der Waals surface area contributed by atoms with Crippen LogP contribution < -0.4 is 20.9 Å². The normalized spacial score (nSPS) is 27.8. The maximum atomic E-state index is 16.0. The Bertz CT molecular complexity index is 1430. The fourth-order valence-electron chi connectivity index (χ4n) is 4.50. The highest BCUT2D eigenvalue weighted by Crippen LogP contribution is 2.58. The third-order valence-electron chi connectivity index (χ3n) is 6.63. The molecule has 4 heterocycles. The van der Waals surface area contributed by atoms with Crippen molar-refractivity contribution in [3.8, 4) is 5.88 Å². The van der Waals surface area contributed by atoms with Crippen molar-refractivity contribution in [2.45, 2.75) is 77.3 Å². The number of nitrogen functional groups attached to an aromatic ring is 1. The number of aliphatic hydroxyl groups is 1.